The monoisotopic (exact) mass is 385 g/mol. The molecule has 0 atom stereocenters. The predicted octanol–water partition coefficient (Wildman–Crippen LogP) is 4.63. The number of anilines is 3. The summed E-state index contributed by atoms with van der Waals surface area (Å²) >= 11 is 0. The lowest BCUT2D eigenvalue weighted by atomic mass is 9.93. The van der Waals surface area contributed by atoms with Gasteiger partial charge in [0, 0.05) is 24.0 Å². The summed E-state index contributed by atoms with van der Waals surface area (Å²) in [5, 5.41) is 5.36. The molecule has 6 nitrogen and oxygen atoms in total. The van der Waals surface area contributed by atoms with Crippen LogP contribution in [0.25, 0.3) is 0 Å². The molecule has 0 aliphatic carbocycles. The van der Waals surface area contributed by atoms with Gasteiger partial charge in [-0.2, -0.15) is 0 Å². The largest absolute Gasteiger partial charge is 0.490 e. The molecule has 0 saturated carbocycles. The van der Waals surface area contributed by atoms with Gasteiger partial charge in [0.2, 0.25) is 5.91 Å². The van der Waals surface area contributed by atoms with E-state index >= 15 is 0 Å². The molecule has 1 aliphatic heterocycles. The van der Waals surface area contributed by atoms with E-state index in [2.05, 4.69) is 10.6 Å². The molecule has 28 heavy (non-hydrogen) atoms. The van der Waals surface area contributed by atoms with Crippen molar-refractivity contribution in [2.75, 3.05) is 28.7 Å². The summed E-state index contributed by atoms with van der Waals surface area (Å²) in [6.45, 7) is 6.58. The van der Waals surface area contributed by atoms with Gasteiger partial charge in [0.05, 0.1) is 11.1 Å². The van der Waals surface area contributed by atoms with E-state index in [1.54, 1.807) is 23.1 Å². The standard InChI is InChI=1S/C21H24FN3O3/c1-4-11-25-17-10-9-16(12-18(17)28-13-21(2,3)19(25)26)24-20(27)23-15-7-5-14(22)6-8-15/h5-10,12H,4,11,13H2,1-3H3,(H2,23,24,27). The lowest BCUT2D eigenvalue weighted by molar-refractivity contribution is -0.127. The zero-order valence-electron chi connectivity index (χ0n) is 16.2. The number of nitrogens with one attached hydrogen (secondary N) is 2. The summed E-state index contributed by atoms with van der Waals surface area (Å²) in [5.74, 6) is 0.192. The second-order valence-electron chi connectivity index (χ2n) is 7.40. The van der Waals surface area contributed by atoms with E-state index in [1.807, 2.05) is 20.8 Å². The highest BCUT2D eigenvalue weighted by Gasteiger charge is 2.37. The Kier molecular flexibility index (Phi) is 5.53. The Morgan fingerprint density at radius 3 is 2.46 bits per heavy atom. The number of hydrogen-bond donors (Lipinski definition) is 2. The number of amides is 3. The number of nitrogens with zero attached hydrogens (tertiary/aromatic N) is 1. The summed E-state index contributed by atoms with van der Waals surface area (Å²) in [7, 11) is 0. The van der Waals surface area contributed by atoms with Gasteiger partial charge in [-0.05, 0) is 56.7 Å². The maximum absolute atomic E-state index is 13.0. The molecule has 2 aromatic carbocycles. The number of benzene rings is 2. The Balaban J connectivity index is 1.79. The molecule has 0 fully saturated rings. The molecular formula is C21H24FN3O3. The molecule has 0 radical (unpaired) electrons. The summed E-state index contributed by atoms with van der Waals surface area (Å²) in [6.07, 6.45) is 0.821. The van der Waals surface area contributed by atoms with Crippen molar-refractivity contribution in [3.8, 4) is 5.75 Å². The van der Waals surface area contributed by atoms with Crippen LogP contribution in [0.2, 0.25) is 0 Å². The Labute approximate surface area is 163 Å². The van der Waals surface area contributed by atoms with Crippen LogP contribution in [0.5, 0.6) is 5.75 Å². The van der Waals surface area contributed by atoms with Crippen molar-refractivity contribution in [1.82, 2.24) is 0 Å². The average Bonchev–Trinajstić information content (AvgIpc) is 2.74. The van der Waals surface area contributed by atoms with Crippen molar-refractivity contribution in [3.05, 3.63) is 48.3 Å². The van der Waals surface area contributed by atoms with Crippen LogP contribution in [-0.4, -0.2) is 25.1 Å². The van der Waals surface area contributed by atoms with E-state index < -0.39 is 11.4 Å². The highest BCUT2D eigenvalue weighted by atomic mass is 19.1. The Morgan fingerprint density at radius 1 is 1.14 bits per heavy atom. The molecule has 0 aromatic heterocycles. The van der Waals surface area contributed by atoms with Crippen LogP contribution in [-0.2, 0) is 4.79 Å². The zero-order chi connectivity index (χ0) is 20.3. The van der Waals surface area contributed by atoms with Gasteiger partial charge in [-0.3, -0.25) is 4.79 Å². The molecule has 3 rings (SSSR count). The van der Waals surface area contributed by atoms with Crippen LogP contribution in [0.3, 0.4) is 0 Å². The topological polar surface area (TPSA) is 70.7 Å². The highest BCUT2D eigenvalue weighted by Crippen LogP contribution is 2.38. The summed E-state index contributed by atoms with van der Waals surface area (Å²) < 4.78 is 18.9. The summed E-state index contributed by atoms with van der Waals surface area (Å²) in [5.41, 5.74) is 1.07. The van der Waals surface area contributed by atoms with Gasteiger partial charge in [-0.15, -0.1) is 0 Å². The average molecular weight is 385 g/mol. The van der Waals surface area contributed by atoms with E-state index in [0.29, 0.717) is 29.4 Å². The third kappa shape index (κ3) is 4.24. The molecule has 0 unspecified atom stereocenters. The third-order valence-corrected chi connectivity index (χ3v) is 4.47. The zero-order valence-corrected chi connectivity index (χ0v) is 16.2. The molecule has 2 N–H and O–H groups in total. The van der Waals surface area contributed by atoms with Crippen LogP contribution in [0.15, 0.2) is 42.5 Å². The van der Waals surface area contributed by atoms with Crippen molar-refractivity contribution in [1.29, 1.82) is 0 Å². The van der Waals surface area contributed by atoms with Crippen LogP contribution in [0, 0.1) is 11.2 Å². The summed E-state index contributed by atoms with van der Waals surface area (Å²) in [6, 6.07) is 10.2. The van der Waals surface area contributed by atoms with E-state index in [9.17, 15) is 14.0 Å². The molecule has 0 spiro atoms. The fourth-order valence-corrected chi connectivity index (χ4v) is 3.00. The Bertz CT molecular complexity index is 881. The second kappa shape index (κ2) is 7.88. The number of fused-ring (bicyclic) bond motifs is 1. The lowest BCUT2D eigenvalue weighted by Gasteiger charge is -2.27. The third-order valence-electron chi connectivity index (χ3n) is 4.47. The number of carbonyl (C=O) groups is 2. The number of rotatable bonds is 4. The first-order valence-electron chi connectivity index (χ1n) is 9.22. The van der Waals surface area contributed by atoms with Crippen molar-refractivity contribution in [3.63, 3.8) is 0 Å². The fourth-order valence-electron chi connectivity index (χ4n) is 3.00. The maximum atomic E-state index is 13.0. The van der Waals surface area contributed by atoms with Crippen LogP contribution in [0.1, 0.15) is 27.2 Å². The first-order valence-corrected chi connectivity index (χ1v) is 9.22. The van der Waals surface area contributed by atoms with Gasteiger partial charge in [-0.25, -0.2) is 9.18 Å². The Hall–Kier alpha value is -3.09. The van der Waals surface area contributed by atoms with Gasteiger partial charge in [-0.1, -0.05) is 6.92 Å². The first-order chi connectivity index (χ1) is 13.3. The highest BCUT2D eigenvalue weighted by molar-refractivity contribution is 6.02. The summed E-state index contributed by atoms with van der Waals surface area (Å²) in [4.78, 5) is 26.8. The molecule has 7 heteroatoms. The van der Waals surface area contributed by atoms with Gasteiger partial charge < -0.3 is 20.3 Å². The lowest BCUT2D eigenvalue weighted by Crippen LogP contribution is -2.42. The minimum Gasteiger partial charge on any atom is -0.490 e. The van der Waals surface area contributed by atoms with E-state index in [0.717, 1.165) is 6.42 Å². The molecule has 0 saturated heterocycles. The minimum absolute atomic E-state index is 0.0165. The number of urea groups is 1. The fraction of sp³-hybridized carbons (Fsp3) is 0.333. The van der Waals surface area contributed by atoms with Crippen molar-refractivity contribution in [2.45, 2.75) is 27.2 Å². The van der Waals surface area contributed by atoms with Crippen molar-refractivity contribution in [2.24, 2.45) is 5.41 Å². The van der Waals surface area contributed by atoms with Gasteiger partial charge in [0.1, 0.15) is 18.2 Å². The van der Waals surface area contributed by atoms with Gasteiger partial charge in [0.15, 0.2) is 0 Å². The Morgan fingerprint density at radius 2 is 1.79 bits per heavy atom. The quantitative estimate of drug-likeness (QED) is 0.806. The second-order valence-corrected chi connectivity index (χ2v) is 7.40. The van der Waals surface area contributed by atoms with E-state index in [-0.39, 0.29) is 18.3 Å². The van der Waals surface area contributed by atoms with Gasteiger partial charge in [0.25, 0.3) is 0 Å². The van der Waals surface area contributed by atoms with Gasteiger partial charge >= 0.3 is 6.03 Å². The molecule has 2 aromatic rings. The number of halogens is 1. The van der Waals surface area contributed by atoms with Crippen molar-refractivity contribution >= 4 is 29.0 Å². The minimum atomic E-state index is -0.637. The molecule has 3 amide bonds. The molecular weight excluding hydrogens is 361 g/mol. The van der Waals surface area contributed by atoms with Crippen LogP contribution < -0.4 is 20.3 Å². The van der Waals surface area contributed by atoms with E-state index in [1.165, 1.54) is 24.3 Å². The molecule has 1 heterocycles. The van der Waals surface area contributed by atoms with Crippen LogP contribution >= 0.6 is 0 Å². The number of ether oxygens (including phenoxy) is 1. The normalized spacial score (nSPS) is 15.3. The first kappa shape index (κ1) is 19.7. The molecule has 148 valence electrons. The van der Waals surface area contributed by atoms with E-state index in [4.69, 9.17) is 4.74 Å². The SMILES string of the molecule is CCCN1C(=O)C(C)(C)COc2cc(NC(=O)Nc3ccc(F)cc3)ccc21. The number of hydrogen-bond acceptors (Lipinski definition) is 3. The number of carbonyl (C=O) groups excluding carboxylic acids is 2. The smallest absolute Gasteiger partial charge is 0.323 e. The predicted molar refractivity (Wildman–Crippen MR) is 107 cm³/mol. The van der Waals surface area contributed by atoms with Crippen molar-refractivity contribution < 1.29 is 18.7 Å². The molecule has 1 aliphatic rings. The molecule has 0 bridgehead atoms. The maximum Gasteiger partial charge on any atom is 0.323 e. The van der Waals surface area contributed by atoms with Crippen LogP contribution in [0.4, 0.5) is 26.2 Å².